The predicted molar refractivity (Wildman–Crippen MR) is 103 cm³/mol. The summed E-state index contributed by atoms with van der Waals surface area (Å²) in [6, 6.07) is 7.11. The van der Waals surface area contributed by atoms with Crippen LogP contribution in [0.1, 0.15) is 50.9 Å². The fourth-order valence-electron chi connectivity index (χ4n) is 3.15. The van der Waals surface area contributed by atoms with Crippen LogP contribution in [-0.4, -0.2) is 19.7 Å². The van der Waals surface area contributed by atoms with Crippen LogP contribution in [0.25, 0.3) is 11.4 Å². The van der Waals surface area contributed by atoms with E-state index in [1.807, 2.05) is 58.2 Å². The molecule has 0 radical (unpaired) electrons. The minimum absolute atomic E-state index is 0.0652. The summed E-state index contributed by atoms with van der Waals surface area (Å²) in [4.78, 5) is 4.43. The molecule has 0 bridgehead atoms. The van der Waals surface area contributed by atoms with Crippen LogP contribution in [0.5, 0.6) is 5.75 Å². The van der Waals surface area contributed by atoms with E-state index in [0.29, 0.717) is 17.4 Å². The lowest BCUT2D eigenvalue weighted by molar-refractivity contribution is 0.0909. The van der Waals surface area contributed by atoms with Gasteiger partial charge in [0.15, 0.2) is 17.2 Å². The number of benzene rings is 1. The maximum Gasteiger partial charge on any atom is 0.177 e. The molecule has 1 aromatic carbocycles. The van der Waals surface area contributed by atoms with Crippen LogP contribution in [0.4, 0.5) is 8.78 Å². The van der Waals surface area contributed by atoms with Crippen molar-refractivity contribution in [3.63, 3.8) is 0 Å². The van der Waals surface area contributed by atoms with Gasteiger partial charge in [0.1, 0.15) is 17.4 Å². The average Bonchev–Trinajstić information content (AvgIpc) is 3.03. The molecule has 0 aliphatic heterocycles. The molecule has 28 heavy (non-hydrogen) atoms. The van der Waals surface area contributed by atoms with Gasteiger partial charge in [0.05, 0.1) is 11.3 Å². The number of pyridine rings is 1. The fraction of sp³-hybridized carbons (Fsp3) is 0.381. The first kappa shape index (κ1) is 19.9. The van der Waals surface area contributed by atoms with Gasteiger partial charge < -0.3 is 9.30 Å². The third kappa shape index (κ3) is 3.74. The summed E-state index contributed by atoms with van der Waals surface area (Å²) in [6.45, 7) is 11.4. The van der Waals surface area contributed by atoms with Gasteiger partial charge in [-0.2, -0.15) is 0 Å². The molecule has 2 heterocycles. The van der Waals surface area contributed by atoms with E-state index in [1.54, 1.807) is 0 Å². The summed E-state index contributed by atoms with van der Waals surface area (Å²) in [7, 11) is 0. The monoisotopic (exact) mass is 386 g/mol. The summed E-state index contributed by atoms with van der Waals surface area (Å²) in [5, 5.41) is 8.50. The first-order valence-corrected chi connectivity index (χ1v) is 9.14. The van der Waals surface area contributed by atoms with Gasteiger partial charge >= 0.3 is 0 Å². The molecule has 0 aliphatic carbocycles. The second-order valence-corrected chi connectivity index (χ2v) is 7.58. The molecular formula is C21H24F2N4O. The van der Waals surface area contributed by atoms with E-state index in [9.17, 15) is 8.78 Å². The predicted octanol–water partition coefficient (Wildman–Crippen LogP) is 5.13. The SMILES string of the molecule is Cc1ccc(OC(C)(C)c2nnc(-c3ccc(F)cc3F)n2C(C)C)c(C)n1. The van der Waals surface area contributed by atoms with E-state index >= 15 is 0 Å². The maximum atomic E-state index is 14.4. The van der Waals surface area contributed by atoms with Crippen molar-refractivity contribution in [3.05, 3.63) is 59.2 Å². The van der Waals surface area contributed by atoms with Gasteiger partial charge in [0, 0.05) is 17.8 Å². The zero-order valence-corrected chi connectivity index (χ0v) is 16.9. The van der Waals surface area contributed by atoms with Crippen LogP contribution >= 0.6 is 0 Å². The lowest BCUT2D eigenvalue weighted by Gasteiger charge is -2.28. The molecule has 0 saturated heterocycles. The number of nitrogens with zero attached hydrogens (tertiary/aromatic N) is 4. The Hall–Kier alpha value is -2.83. The normalized spacial score (nSPS) is 11.9. The van der Waals surface area contributed by atoms with E-state index in [-0.39, 0.29) is 11.6 Å². The molecule has 148 valence electrons. The Balaban J connectivity index is 2.07. The lowest BCUT2D eigenvalue weighted by Crippen LogP contribution is -2.31. The highest BCUT2D eigenvalue weighted by Crippen LogP contribution is 2.33. The highest BCUT2D eigenvalue weighted by molar-refractivity contribution is 5.56. The van der Waals surface area contributed by atoms with Crippen molar-refractivity contribution in [2.75, 3.05) is 0 Å². The summed E-state index contributed by atoms with van der Waals surface area (Å²) in [5.41, 5.74) is 1.02. The third-order valence-corrected chi connectivity index (χ3v) is 4.46. The van der Waals surface area contributed by atoms with Crippen molar-refractivity contribution in [2.45, 2.75) is 53.2 Å². The minimum Gasteiger partial charge on any atom is -0.478 e. The number of hydrogen-bond acceptors (Lipinski definition) is 4. The van der Waals surface area contributed by atoms with Crippen LogP contribution in [0.2, 0.25) is 0 Å². The van der Waals surface area contributed by atoms with E-state index in [0.717, 1.165) is 17.5 Å². The minimum atomic E-state index is -0.853. The molecular weight excluding hydrogens is 362 g/mol. The summed E-state index contributed by atoms with van der Waals surface area (Å²) in [5.74, 6) is 0.198. The number of hydrogen-bond donors (Lipinski definition) is 0. The molecule has 0 spiro atoms. The third-order valence-electron chi connectivity index (χ3n) is 4.46. The van der Waals surface area contributed by atoms with Gasteiger partial charge in [-0.3, -0.25) is 4.98 Å². The maximum absolute atomic E-state index is 14.4. The van der Waals surface area contributed by atoms with Crippen molar-refractivity contribution in [2.24, 2.45) is 0 Å². The van der Waals surface area contributed by atoms with Gasteiger partial charge in [0.2, 0.25) is 0 Å². The fourth-order valence-corrected chi connectivity index (χ4v) is 3.15. The van der Waals surface area contributed by atoms with Crippen LogP contribution in [-0.2, 0) is 5.60 Å². The molecule has 7 heteroatoms. The Morgan fingerprint density at radius 3 is 2.36 bits per heavy atom. The second-order valence-electron chi connectivity index (χ2n) is 7.58. The van der Waals surface area contributed by atoms with Gasteiger partial charge in [-0.25, -0.2) is 8.78 Å². The van der Waals surface area contributed by atoms with Crippen molar-refractivity contribution in [3.8, 4) is 17.1 Å². The number of aromatic nitrogens is 4. The highest BCUT2D eigenvalue weighted by atomic mass is 19.1. The van der Waals surface area contributed by atoms with E-state index in [2.05, 4.69) is 15.2 Å². The smallest absolute Gasteiger partial charge is 0.177 e. The van der Waals surface area contributed by atoms with Gasteiger partial charge in [-0.05, 0) is 65.8 Å². The largest absolute Gasteiger partial charge is 0.478 e. The summed E-state index contributed by atoms with van der Waals surface area (Å²) < 4.78 is 35.7. The summed E-state index contributed by atoms with van der Waals surface area (Å²) >= 11 is 0. The molecule has 3 rings (SSSR count). The number of aryl methyl sites for hydroxylation is 2. The summed E-state index contributed by atoms with van der Waals surface area (Å²) in [6.07, 6.45) is 0. The number of halogens is 2. The highest BCUT2D eigenvalue weighted by Gasteiger charge is 2.33. The Morgan fingerprint density at radius 1 is 1.04 bits per heavy atom. The molecule has 5 nitrogen and oxygen atoms in total. The van der Waals surface area contributed by atoms with Crippen molar-refractivity contribution in [1.82, 2.24) is 19.7 Å². The first-order chi connectivity index (χ1) is 13.1. The molecule has 0 N–H and O–H groups in total. The Kier molecular flexibility index (Phi) is 5.19. The van der Waals surface area contributed by atoms with Crippen LogP contribution < -0.4 is 4.74 Å². The quantitative estimate of drug-likeness (QED) is 0.610. The van der Waals surface area contributed by atoms with Crippen molar-refractivity contribution >= 4 is 0 Å². The number of rotatable bonds is 5. The topological polar surface area (TPSA) is 52.8 Å². The molecule has 0 aliphatic rings. The Labute approximate surface area is 163 Å². The molecule has 0 atom stereocenters. The molecule has 0 amide bonds. The van der Waals surface area contributed by atoms with E-state index in [4.69, 9.17) is 4.74 Å². The van der Waals surface area contributed by atoms with Crippen molar-refractivity contribution < 1.29 is 13.5 Å². The first-order valence-electron chi connectivity index (χ1n) is 9.14. The molecule has 0 saturated carbocycles. The van der Waals surface area contributed by atoms with Crippen molar-refractivity contribution in [1.29, 1.82) is 0 Å². The van der Waals surface area contributed by atoms with Crippen LogP contribution in [0, 0.1) is 25.5 Å². The van der Waals surface area contributed by atoms with Gasteiger partial charge in [-0.15, -0.1) is 10.2 Å². The number of ether oxygens (including phenoxy) is 1. The molecule has 0 fully saturated rings. The zero-order chi connectivity index (χ0) is 20.6. The van der Waals surface area contributed by atoms with E-state index < -0.39 is 17.2 Å². The Bertz CT molecular complexity index is 1010. The second kappa shape index (κ2) is 7.30. The lowest BCUT2D eigenvalue weighted by atomic mass is 10.1. The zero-order valence-electron chi connectivity index (χ0n) is 16.9. The van der Waals surface area contributed by atoms with E-state index in [1.165, 1.54) is 12.1 Å². The average molecular weight is 386 g/mol. The molecule has 3 aromatic rings. The van der Waals surface area contributed by atoms with Gasteiger partial charge in [-0.1, -0.05) is 0 Å². The van der Waals surface area contributed by atoms with Crippen LogP contribution in [0.15, 0.2) is 30.3 Å². The Morgan fingerprint density at radius 2 is 1.75 bits per heavy atom. The molecule has 2 aromatic heterocycles. The standard InChI is InChI=1S/C21H24F2N4O/c1-12(2)27-19(16-9-8-15(22)11-17(16)23)25-26-20(27)21(5,6)28-18-10-7-13(3)24-14(18)4/h7-12H,1-6H3. The van der Waals surface area contributed by atoms with Crippen LogP contribution in [0.3, 0.4) is 0 Å². The molecule has 0 unspecified atom stereocenters. The van der Waals surface area contributed by atoms with Gasteiger partial charge in [0.25, 0.3) is 0 Å².